The second-order valence-corrected chi connectivity index (χ2v) is 8.31. The minimum Gasteiger partial charge on any atom is -0.366 e. The number of nitrogens with one attached hydrogen (secondary N) is 2. The zero-order valence-corrected chi connectivity index (χ0v) is 18.5. The summed E-state index contributed by atoms with van der Waals surface area (Å²) >= 11 is 3.54. The van der Waals surface area contributed by atoms with Crippen molar-refractivity contribution in [1.82, 2.24) is 19.9 Å². The second kappa shape index (κ2) is 8.52. The number of rotatable bonds is 5. The summed E-state index contributed by atoms with van der Waals surface area (Å²) < 4.78 is 3.82. The van der Waals surface area contributed by atoms with E-state index in [-0.39, 0.29) is 0 Å². The molecule has 4 aromatic rings. The standard InChI is InChI=1S/C22H23BrN7O/c23-18-14-26-30-20(12-19(27-22(18)30)17-4-2-1-3-5-17)25-13-16-6-7-21(29(31)15-16)28-10-8-24-9-11-28/h1-7,12,14-15,24-25,31H,8-11,13H2/q+1. The van der Waals surface area contributed by atoms with E-state index in [1.807, 2.05) is 48.5 Å². The summed E-state index contributed by atoms with van der Waals surface area (Å²) in [5, 5.41) is 21.7. The van der Waals surface area contributed by atoms with Crippen molar-refractivity contribution in [3.8, 4) is 11.3 Å². The molecule has 4 heterocycles. The number of piperazine rings is 1. The molecular formula is C22H23BrN7O+. The molecule has 1 fully saturated rings. The highest BCUT2D eigenvalue weighted by Crippen LogP contribution is 2.26. The van der Waals surface area contributed by atoms with Gasteiger partial charge in [0.2, 0.25) is 0 Å². The maximum Gasteiger partial charge on any atom is 0.316 e. The third kappa shape index (κ3) is 4.06. The van der Waals surface area contributed by atoms with Gasteiger partial charge in [-0.05, 0) is 22.0 Å². The lowest BCUT2D eigenvalue weighted by Gasteiger charge is -2.22. The first-order chi connectivity index (χ1) is 15.2. The van der Waals surface area contributed by atoms with E-state index >= 15 is 0 Å². The Kier molecular flexibility index (Phi) is 5.44. The summed E-state index contributed by atoms with van der Waals surface area (Å²) in [5.74, 6) is 1.63. The number of pyridine rings is 1. The number of hydrogen-bond acceptors (Lipinski definition) is 6. The molecule has 0 amide bonds. The van der Waals surface area contributed by atoms with E-state index in [1.165, 1.54) is 4.73 Å². The van der Waals surface area contributed by atoms with Crippen LogP contribution in [-0.4, -0.2) is 46.0 Å². The number of anilines is 2. The average Bonchev–Trinajstić information content (AvgIpc) is 3.19. The monoisotopic (exact) mass is 480 g/mol. The summed E-state index contributed by atoms with van der Waals surface area (Å²) in [4.78, 5) is 6.93. The Morgan fingerprint density at radius 3 is 2.71 bits per heavy atom. The number of aromatic nitrogens is 4. The normalized spacial score (nSPS) is 14.2. The van der Waals surface area contributed by atoms with Gasteiger partial charge in [0.15, 0.2) is 5.65 Å². The van der Waals surface area contributed by atoms with E-state index < -0.39 is 0 Å². The Hall–Kier alpha value is -3.17. The maximum atomic E-state index is 10.5. The zero-order valence-electron chi connectivity index (χ0n) is 16.9. The molecule has 31 heavy (non-hydrogen) atoms. The zero-order chi connectivity index (χ0) is 21.2. The SMILES string of the molecule is O[n+]1cc(CNc2cc(-c3ccccc3)nc3c(Br)cnn23)ccc1N1CCNCC1. The first kappa shape index (κ1) is 19.8. The number of fused-ring (bicyclic) bond motifs is 1. The lowest BCUT2D eigenvalue weighted by molar-refractivity contribution is -0.894. The molecule has 0 unspecified atom stereocenters. The highest BCUT2D eigenvalue weighted by Gasteiger charge is 2.22. The van der Waals surface area contributed by atoms with Crippen LogP contribution >= 0.6 is 15.9 Å². The van der Waals surface area contributed by atoms with Gasteiger partial charge in [0, 0.05) is 42.9 Å². The fourth-order valence-electron chi connectivity index (χ4n) is 3.78. The maximum absolute atomic E-state index is 10.5. The van der Waals surface area contributed by atoms with Crippen LogP contribution in [0.2, 0.25) is 0 Å². The van der Waals surface area contributed by atoms with Crippen molar-refractivity contribution in [2.75, 3.05) is 36.4 Å². The second-order valence-electron chi connectivity index (χ2n) is 7.45. The van der Waals surface area contributed by atoms with Crippen LogP contribution in [0.4, 0.5) is 11.6 Å². The molecule has 0 atom stereocenters. The van der Waals surface area contributed by atoms with Crippen molar-refractivity contribution < 1.29 is 9.94 Å². The number of nitrogens with zero attached hydrogens (tertiary/aromatic N) is 5. The molecule has 158 valence electrons. The Labute approximate surface area is 188 Å². The predicted molar refractivity (Wildman–Crippen MR) is 122 cm³/mol. The minimum absolute atomic E-state index is 0.535. The van der Waals surface area contributed by atoms with Crippen LogP contribution in [0.3, 0.4) is 0 Å². The van der Waals surface area contributed by atoms with Crippen LogP contribution in [0, 0.1) is 0 Å². The summed E-state index contributed by atoms with van der Waals surface area (Å²) in [6.07, 6.45) is 3.49. The van der Waals surface area contributed by atoms with Gasteiger partial charge in [0.05, 0.1) is 29.5 Å². The van der Waals surface area contributed by atoms with Crippen LogP contribution in [0.15, 0.2) is 65.4 Å². The van der Waals surface area contributed by atoms with Gasteiger partial charge in [-0.2, -0.15) is 9.61 Å². The third-order valence-corrected chi connectivity index (χ3v) is 5.94. The van der Waals surface area contributed by atoms with Crippen molar-refractivity contribution in [2.45, 2.75) is 6.54 Å². The third-order valence-electron chi connectivity index (χ3n) is 5.38. The number of halogens is 1. The topological polar surface area (TPSA) is 81.6 Å². The lowest BCUT2D eigenvalue weighted by atomic mass is 10.1. The Balaban J connectivity index is 1.41. The largest absolute Gasteiger partial charge is 0.366 e. The first-order valence-corrected chi connectivity index (χ1v) is 11.0. The first-order valence-electron chi connectivity index (χ1n) is 10.2. The molecule has 1 aliphatic heterocycles. The quantitative estimate of drug-likeness (QED) is 0.301. The van der Waals surface area contributed by atoms with Crippen molar-refractivity contribution in [3.05, 3.63) is 71.0 Å². The summed E-state index contributed by atoms with van der Waals surface area (Å²) in [5.41, 5.74) is 3.60. The van der Waals surface area contributed by atoms with Gasteiger partial charge < -0.3 is 15.8 Å². The Morgan fingerprint density at radius 1 is 1.13 bits per heavy atom. The lowest BCUT2D eigenvalue weighted by Crippen LogP contribution is -2.49. The van der Waals surface area contributed by atoms with E-state index in [2.05, 4.69) is 36.6 Å². The predicted octanol–water partition coefficient (Wildman–Crippen LogP) is 2.71. The fraction of sp³-hybridized carbons (Fsp3) is 0.227. The minimum atomic E-state index is 0.535. The number of hydrogen-bond donors (Lipinski definition) is 3. The molecule has 1 aliphatic rings. The fourth-order valence-corrected chi connectivity index (χ4v) is 4.13. The molecule has 8 nitrogen and oxygen atoms in total. The van der Waals surface area contributed by atoms with E-state index in [4.69, 9.17) is 4.98 Å². The van der Waals surface area contributed by atoms with Gasteiger partial charge >= 0.3 is 5.82 Å². The van der Waals surface area contributed by atoms with Gasteiger partial charge in [-0.15, -0.1) is 0 Å². The Morgan fingerprint density at radius 2 is 1.94 bits per heavy atom. The molecule has 0 saturated carbocycles. The van der Waals surface area contributed by atoms with Gasteiger partial charge in [0.25, 0.3) is 0 Å². The van der Waals surface area contributed by atoms with Gasteiger partial charge in [-0.25, -0.2) is 4.98 Å². The molecular weight excluding hydrogens is 458 g/mol. The molecule has 0 bridgehead atoms. The van der Waals surface area contributed by atoms with Crippen LogP contribution in [0.1, 0.15) is 5.56 Å². The molecule has 3 aromatic heterocycles. The smallest absolute Gasteiger partial charge is 0.316 e. The van der Waals surface area contributed by atoms with E-state index in [1.54, 1.807) is 16.9 Å². The molecule has 1 saturated heterocycles. The molecule has 5 rings (SSSR count). The molecule has 9 heteroatoms. The molecule has 0 aliphatic carbocycles. The van der Waals surface area contributed by atoms with Gasteiger partial charge in [-0.1, -0.05) is 35.1 Å². The van der Waals surface area contributed by atoms with Crippen molar-refractivity contribution in [1.29, 1.82) is 0 Å². The molecule has 0 radical (unpaired) electrons. The molecule has 1 aromatic carbocycles. The molecule has 0 spiro atoms. The molecule has 3 N–H and O–H groups in total. The van der Waals surface area contributed by atoms with E-state index in [0.717, 1.165) is 64.8 Å². The van der Waals surface area contributed by atoms with Gasteiger partial charge in [0.1, 0.15) is 12.0 Å². The van der Waals surface area contributed by atoms with E-state index in [0.29, 0.717) is 6.54 Å². The number of benzene rings is 1. The summed E-state index contributed by atoms with van der Waals surface area (Å²) in [7, 11) is 0. The van der Waals surface area contributed by atoms with Crippen LogP contribution in [0.5, 0.6) is 0 Å². The van der Waals surface area contributed by atoms with Crippen molar-refractivity contribution >= 4 is 33.2 Å². The Bertz CT molecular complexity index is 1210. The summed E-state index contributed by atoms with van der Waals surface area (Å²) in [6, 6.07) is 16.1. The van der Waals surface area contributed by atoms with Crippen LogP contribution in [-0.2, 0) is 6.54 Å². The van der Waals surface area contributed by atoms with Crippen molar-refractivity contribution in [2.24, 2.45) is 0 Å². The van der Waals surface area contributed by atoms with Crippen molar-refractivity contribution in [3.63, 3.8) is 0 Å². The van der Waals surface area contributed by atoms with Gasteiger partial charge in [-0.3, -0.25) is 4.90 Å². The highest BCUT2D eigenvalue weighted by atomic mass is 79.9. The van der Waals surface area contributed by atoms with Crippen LogP contribution < -0.4 is 20.3 Å². The average molecular weight is 481 g/mol. The summed E-state index contributed by atoms with van der Waals surface area (Å²) in [6.45, 7) is 4.13. The van der Waals surface area contributed by atoms with Crippen LogP contribution in [0.25, 0.3) is 16.9 Å². The van der Waals surface area contributed by atoms with E-state index in [9.17, 15) is 5.21 Å². The highest BCUT2D eigenvalue weighted by molar-refractivity contribution is 9.10.